The Labute approximate surface area is 528 Å². The summed E-state index contributed by atoms with van der Waals surface area (Å²) in [5.41, 5.74) is 18.3. The summed E-state index contributed by atoms with van der Waals surface area (Å²) in [5, 5.41) is 164. The van der Waals surface area contributed by atoms with E-state index in [-0.39, 0.29) is 35.1 Å². The summed E-state index contributed by atoms with van der Waals surface area (Å²) < 4.78 is 28.2. The molecule has 25 atom stereocenters. The third kappa shape index (κ3) is 16.6. The van der Waals surface area contributed by atoms with Gasteiger partial charge in [-0.1, -0.05) is 48.9 Å². The van der Waals surface area contributed by atoms with Crippen LogP contribution in [0.5, 0.6) is 5.75 Å². The number of amides is 5. The Morgan fingerprint density at radius 2 is 1.26 bits per heavy atom. The van der Waals surface area contributed by atoms with E-state index in [1.807, 2.05) is 0 Å². The number of aliphatic hydroxyl groups excluding tert-OH is 14. The van der Waals surface area contributed by atoms with Crippen LogP contribution in [0.1, 0.15) is 24.0 Å². The average molecular weight is 1330 g/mol. The molecule has 0 aliphatic carbocycles. The molecule has 20 unspecified atom stereocenters. The Balaban J connectivity index is 1.19. The van der Waals surface area contributed by atoms with Gasteiger partial charge in [-0.15, -0.1) is 0 Å². The molecule has 0 saturated carbocycles. The van der Waals surface area contributed by atoms with Gasteiger partial charge in [-0.3, -0.25) is 34.0 Å². The Morgan fingerprint density at radius 1 is 0.685 bits per heavy atom. The standard InChI is InChI=1S/C54H79ClN12O25/c1-19(23-4-2-3-5-24(23)55)32(64-31(73)11-56)47(85)62-25(10-20-6-8-22(9-7-20)88-51-44(83)41(80)45(30(18-72)91-51)92-52-43(82)40(79)38(77)29(17-71)90-52)46(84)65-33(35(74)26-12-59-53(57)63-26)49(87)66-34(48(86)61-21(14-68)15-69)36(75)27-13-60-54(58)67(27)50-42(81)39(78)37(76)28(16-70)89-50/h2-9,14,19,21,25-30,32-45,50-52,69-72,74-83H,10-13,15-18,56H2,1H3,(H2,58,60)(H,61,86)(H,62,85)(H,64,73)(H,65,84)(H,66,87)(H3,57,59,63)/t19?,21-,25+,26?,27?,28?,29?,30?,32+,33+,34+,35?,36?,37?,38?,39?,40?,41?,42?,43?,44?,45?,50?,51?,52?/m1/s1. The minimum atomic E-state index is -2.31. The lowest BCUT2D eigenvalue weighted by atomic mass is 9.91. The molecule has 5 amide bonds. The van der Waals surface area contributed by atoms with Gasteiger partial charge < -0.3 is 154 Å². The molecule has 7 rings (SSSR count). The van der Waals surface area contributed by atoms with Crippen molar-refractivity contribution in [3.05, 3.63) is 64.7 Å². The number of ether oxygens (including phenoxy) is 5. The lowest BCUT2D eigenvalue weighted by Crippen LogP contribution is -2.70. The molecule has 5 aliphatic rings. The van der Waals surface area contributed by atoms with Crippen LogP contribution in [0.4, 0.5) is 0 Å². The first-order valence-corrected chi connectivity index (χ1v) is 29.3. The largest absolute Gasteiger partial charge is 0.462 e. The average Bonchev–Trinajstić information content (AvgIpc) is 1.42. The van der Waals surface area contributed by atoms with Gasteiger partial charge in [-0.05, 0) is 29.3 Å². The molecule has 38 heteroatoms. The maximum atomic E-state index is 15.1. The molecule has 2 aromatic carbocycles. The smallest absolute Gasteiger partial charge is 0.246 e. The summed E-state index contributed by atoms with van der Waals surface area (Å²) >= 11 is 6.54. The SMILES string of the molecule is CC(c1ccccc1Cl)[C@H](NC(=O)CN)C(=O)N[C@@H](Cc1ccc(OC2OC(CO)C(OC3OC(CO)C(O)C(O)C3O)C(O)C2O)cc1)C(=O)N[C@H](C(=O)N[C@H](C(=O)N[C@H](C=O)CO)C(O)C1CN=C(N)N1C1OC(CO)C(O)C(O)C1O)C(O)C1CN=C(N)N1. The number of rotatable bonds is 28. The summed E-state index contributed by atoms with van der Waals surface area (Å²) in [6.45, 7) is -3.58. The topological polar surface area (TPSA) is 610 Å². The molecule has 5 aliphatic heterocycles. The first-order chi connectivity index (χ1) is 43.7. The van der Waals surface area contributed by atoms with Gasteiger partial charge in [0.1, 0.15) is 128 Å². The van der Waals surface area contributed by atoms with Crippen molar-refractivity contribution in [1.29, 1.82) is 0 Å². The number of nitrogens with one attached hydrogen (secondary N) is 6. The summed E-state index contributed by atoms with van der Waals surface area (Å²) in [6.07, 6.45) is -31.7. The Morgan fingerprint density at radius 3 is 1.86 bits per heavy atom. The number of carbonyl (C=O) groups excluding carboxylic acids is 6. The van der Waals surface area contributed by atoms with Crippen LogP contribution in [0.15, 0.2) is 58.5 Å². The van der Waals surface area contributed by atoms with E-state index in [0.717, 1.165) is 4.90 Å². The van der Waals surface area contributed by atoms with Crippen molar-refractivity contribution < 1.29 is 124 Å². The van der Waals surface area contributed by atoms with E-state index in [9.17, 15) is 95.5 Å². The molecule has 5 heterocycles. The highest BCUT2D eigenvalue weighted by Gasteiger charge is 2.54. The van der Waals surface area contributed by atoms with Gasteiger partial charge in [0.15, 0.2) is 24.4 Å². The number of aliphatic imine (C=N–C) groups is 2. The van der Waals surface area contributed by atoms with E-state index in [1.54, 1.807) is 18.2 Å². The van der Waals surface area contributed by atoms with E-state index in [2.05, 4.69) is 41.9 Å². The molecular weight excluding hydrogens is 1250 g/mol. The van der Waals surface area contributed by atoms with Gasteiger partial charge in [0.2, 0.25) is 35.8 Å². The zero-order valence-corrected chi connectivity index (χ0v) is 49.7. The molecular formula is C54H79ClN12O25. The van der Waals surface area contributed by atoms with Crippen molar-refractivity contribution in [3.63, 3.8) is 0 Å². The molecule has 3 fully saturated rings. The van der Waals surface area contributed by atoms with Crippen LogP contribution in [-0.2, 0) is 54.1 Å². The minimum Gasteiger partial charge on any atom is -0.462 e. The molecule has 0 bridgehead atoms. The van der Waals surface area contributed by atoms with E-state index in [4.69, 9.17) is 52.5 Å². The molecule has 26 N–H and O–H groups in total. The molecule has 512 valence electrons. The summed E-state index contributed by atoms with van der Waals surface area (Å²) in [5.74, 6) is -7.75. The van der Waals surface area contributed by atoms with Crippen molar-refractivity contribution >= 4 is 59.3 Å². The molecule has 2 aromatic rings. The van der Waals surface area contributed by atoms with Gasteiger partial charge in [0.25, 0.3) is 0 Å². The summed E-state index contributed by atoms with van der Waals surface area (Å²) in [4.78, 5) is 92.9. The summed E-state index contributed by atoms with van der Waals surface area (Å²) in [7, 11) is 0. The number of aldehydes is 1. The van der Waals surface area contributed by atoms with Gasteiger partial charge >= 0.3 is 0 Å². The van der Waals surface area contributed by atoms with Crippen molar-refractivity contribution in [1.82, 2.24) is 36.8 Å². The first kappa shape index (κ1) is 72.8. The summed E-state index contributed by atoms with van der Waals surface area (Å²) in [6, 6.07) is -0.985. The van der Waals surface area contributed by atoms with Gasteiger partial charge in [0.05, 0.1) is 58.1 Å². The Kier molecular flexibility index (Phi) is 25.7. The van der Waals surface area contributed by atoms with Crippen molar-refractivity contribution in [2.24, 2.45) is 27.2 Å². The van der Waals surface area contributed by atoms with Crippen LogP contribution in [0, 0.1) is 0 Å². The second-order valence-corrected chi connectivity index (χ2v) is 22.8. The maximum Gasteiger partial charge on any atom is 0.246 e. The predicted molar refractivity (Wildman–Crippen MR) is 310 cm³/mol. The van der Waals surface area contributed by atoms with Gasteiger partial charge in [-0.25, -0.2) is 0 Å². The fraction of sp³-hybridized carbons (Fsp3) is 0.630. The lowest BCUT2D eigenvalue weighted by Gasteiger charge is -2.46. The highest BCUT2D eigenvalue weighted by atomic mass is 35.5. The van der Waals surface area contributed by atoms with Crippen LogP contribution in [-0.4, -0.2) is 317 Å². The second kappa shape index (κ2) is 32.5. The number of nitrogens with two attached hydrogens (primary N) is 3. The van der Waals surface area contributed by atoms with Crippen LogP contribution in [0.25, 0.3) is 0 Å². The van der Waals surface area contributed by atoms with Crippen LogP contribution in [0.3, 0.4) is 0 Å². The van der Waals surface area contributed by atoms with E-state index >= 15 is 4.79 Å². The van der Waals surface area contributed by atoms with E-state index in [1.165, 1.54) is 37.3 Å². The Hall–Kier alpha value is -6.67. The zero-order chi connectivity index (χ0) is 67.6. The molecule has 0 radical (unpaired) electrons. The van der Waals surface area contributed by atoms with Gasteiger partial charge in [0, 0.05) is 17.4 Å². The normalized spacial score (nSPS) is 32.4. The number of benzene rings is 2. The van der Waals surface area contributed by atoms with Crippen LogP contribution in [0.2, 0.25) is 5.02 Å². The van der Waals surface area contributed by atoms with E-state index in [0.29, 0.717) is 5.56 Å². The lowest BCUT2D eigenvalue weighted by molar-refractivity contribution is -0.352. The number of nitrogens with zero attached hydrogens (tertiary/aromatic N) is 3. The fourth-order valence-corrected chi connectivity index (χ4v) is 11.2. The number of halogens is 1. The monoisotopic (exact) mass is 1330 g/mol. The molecule has 37 nitrogen and oxygen atoms in total. The fourth-order valence-electron chi connectivity index (χ4n) is 10.9. The predicted octanol–water partition coefficient (Wildman–Crippen LogP) is -12.9. The van der Waals surface area contributed by atoms with Crippen molar-refractivity contribution in [2.45, 2.75) is 166 Å². The first-order valence-electron chi connectivity index (χ1n) is 28.9. The number of carbonyl (C=O) groups is 6. The molecule has 0 aromatic heterocycles. The van der Waals surface area contributed by atoms with Gasteiger partial charge in [-0.2, -0.15) is 0 Å². The second-order valence-electron chi connectivity index (χ2n) is 22.3. The molecule has 92 heavy (non-hydrogen) atoms. The third-order valence-electron chi connectivity index (χ3n) is 16.2. The van der Waals surface area contributed by atoms with Crippen LogP contribution >= 0.6 is 11.6 Å². The Bertz CT molecular complexity index is 2910. The highest BCUT2D eigenvalue weighted by molar-refractivity contribution is 6.31. The maximum absolute atomic E-state index is 15.1. The minimum absolute atomic E-state index is 0.0917. The van der Waals surface area contributed by atoms with Crippen molar-refractivity contribution in [2.75, 3.05) is 46.1 Å². The van der Waals surface area contributed by atoms with Crippen LogP contribution < -0.4 is 53.8 Å². The number of guanidine groups is 2. The molecule has 0 spiro atoms. The number of hydrogen-bond donors (Lipinski definition) is 23. The van der Waals surface area contributed by atoms with Crippen molar-refractivity contribution in [3.8, 4) is 5.75 Å². The number of aliphatic hydroxyl groups is 14. The van der Waals surface area contributed by atoms with E-state index < -0.39 is 234 Å². The quantitative estimate of drug-likeness (QED) is 0.0352. The number of hydrogen-bond acceptors (Lipinski definition) is 32. The zero-order valence-electron chi connectivity index (χ0n) is 49.0. The highest BCUT2D eigenvalue weighted by Crippen LogP contribution is 2.33. The third-order valence-corrected chi connectivity index (χ3v) is 16.6. The molecule has 3 saturated heterocycles.